The molecule has 1 atom stereocenters. The zero-order chi connectivity index (χ0) is 13.9. The van der Waals surface area contributed by atoms with E-state index in [-0.39, 0.29) is 17.4 Å². The zero-order valence-corrected chi connectivity index (χ0v) is 12.3. The Balaban J connectivity index is 1.92. The van der Waals surface area contributed by atoms with Crippen LogP contribution in [0.4, 0.5) is 0 Å². The molecule has 104 valence electrons. The highest BCUT2D eigenvalue weighted by molar-refractivity contribution is 6.30. The van der Waals surface area contributed by atoms with E-state index in [0.717, 1.165) is 24.9 Å². The van der Waals surface area contributed by atoms with Gasteiger partial charge in [-0.05, 0) is 42.5 Å². The van der Waals surface area contributed by atoms with Gasteiger partial charge in [0, 0.05) is 11.6 Å². The molecule has 1 amide bonds. The van der Waals surface area contributed by atoms with Crippen LogP contribution in [-0.2, 0) is 11.3 Å². The van der Waals surface area contributed by atoms with Crippen molar-refractivity contribution < 1.29 is 4.79 Å². The second-order valence-electron chi connectivity index (χ2n) is 5.82. The number of carbonyl (C=O) groups is 1. The standard InChI is InChI=1S/C15H21ClN2O/c1-15(2)8-3-9-17-13(15)14(19)18-10-11-4-6-12(16)7-5-11/h4-7,13,17H,3,8-10H2,1-2H3,(H,18,19). The Kier molecular flexibility index (Phi) is 4.48. The summed E-state index contributed by atoms with van der Waals surface area (Å²) in [6.45, 7) is 5.75. The first-order valence-corrected chi connectivity index (χ1v) is 7.12. The highest BCUT2D eigenvalue weighted by atomic mass is 35.5. The largest absolute Gasteiger partial charge is 0.351 e. The minimum absolute atomic E-state index is 0.0162. The van der Waals surface area contributed by atoms with Crippen molar-refractivity contribution in [1.82, 2.24) is 10.6 Å². The third-order valence-electron chi connectivity index (χ3n) is 3.77. The van der Waals surface area contributed by atoms with E-state index in [0.29, 0.717) is 11.6 Å². The summed E-state index contributed by atoms with van der Waals surface area (Å²) in [5.41, 5.74) is 1.08. The van der Waals surface area contributed by atoms with Gasteiger partial charge in [-0.25, -0.2) is 0 Å². The van der Waals surface area contributed by atoms with Crippen LogP contribution in [0.3, 0.4) is 0 Å². The summed E-state index contributed by atoms with van der Waals surface area (Å²) >= 11 is 5.84. The number of carbonyl (C=O) groups excluding carboxylic acids is 1. The Morgan fingerprint density at radius 1 is 1.42 bits per heavy atom. The topological polar surface area (TPSA) is 41.1 Å². The number of hydrogen-bond donors (Lipinski definition) is 2. The lowest BCUT2D eigenvalue weighted by atomic mass is 9.77. The van der Waals surface area contributed by atoms with Gasteiger partial charge in [0.25, 0.3) is 0 Å². The van der Waals surface area contributed by atoms with Crippen LogP contribution < -0.4 is 10.6 Å². The van der Waals surface area contributed by atoms with E-state index in [1.165, 1.54) is 0 Å². The molecule has 0 spiro atoms. The summed E-state index contributed by atoms with van der Waals surface area (Å²) in [5.74, 6) is 0.0830. The Bertz CT molecular complexity index is 442. The fourth-order valence-corrected chi connectivity index (χ4v) is 2.68. The molecule has 1 saturated heterocycles. The molecular weight excluding hydrogens is 260 g/mol. The van der Waals surface area contributed by atoms with Crippen molar-refractivity contribution in [1.29, 1.82) is 0 Å². The summed E-state index contributed by atoms with van der Waals surface area (Å²) in [6, 6.07) is 7.44. The third-order valence-corrected chi connectivity index (χ3v) is 4.02. The SMILES string of the molecule is CC1(C)CCCNC1C(=O)NCc1ccc(Cl)cc1. The van der Waals surface area contributed by atoms with Gasteiger partial charge >= 0.3 is 0 Å². The number of halogens is 1. The second-order valence-corrected chi connectivity index (χ2v) is 6.26. The van der Waals surface area contributed by atoms with Crippen molar-refractivity contribution in [3.8, 4) is 0 Å². The van der Waals surface area contributed by atoms with E-state index in [9.17, 15) is 4.79 Å². The van der Waals surface area contributed by atoms with Crippen molar-refractivity contribution in [2.75, 3.05) is 6.54 Å². The molecule has 0 radical (unpaired) electrons. The second kappa shape index (κ2) is 5.93. The van der Waals surface area contributed by atoms with Crippen molar-refractivity contribution >= 4 is 17.5 Å². The highest BCUT2D eigenvalue weighted by Gasteiger charge is 2.36. The van der Waals surface area contributed by atoms with Gasteiger partial charge in [0.15, 0.2) is 0 Å². The molecule has 2 rings (SSSR count). The van der Waals surface area contributed by atoms with Gasteiger partial charge in [-0.15, -0.1) is 0 Å². The lowest BCUT2D eigenvalue weighted by Gasteiger charge is -2.38. The molecule has 1 aromatic carbocycles. The van der Waals surface area contributed by atoms with E-state index < -0.39 is 0 Å². The van der Waals surface area contributed by atoms with Crippen molar-refractivity contribution in [2.24, 2.45) is 5.41 Å². The van der Waals surface area contributed by atoms with Gasteiger partial charge in [-0.2, -0.15) is 0 Å². The van der Waals surface area contributed by atoms with Crippen molar-refractivity contribution in [2.45, 2.75) is 39.3 Å². The first-order chi connectivity index (χ1) is 8.99. The summed E-state index contributed by atoms with van der Waals surface area (Å²) in [6.07, 6.45) is 2.22. The molecule has 3 nitrogen and oxygen atoms in total. The molecule has 4 heteroatoms. The molecule has 0 aromatic heterocycles. The van der Waals surface area contributed by atoms with Gasteiger partial charge in [-0.3, -0.25) is 4.79 Å². The first-order valence-electron chi connectivity index (χ1n) is 6.74. The predicted octanol–water partition coefficient (Wildman–Crippen LogP) is 2.73. The van der Waals surface area contributed by atoms with E-state index in [1.807, 2.05) is 24.3 Å². The minimum atomic E-state index is -0.103. The van der Waals surface area contributed by atoms with Gasteiger partial charge in [-0.1, -0.05) is 37.6 Å². The molecule has 1 unspecified atom stereocenters. The van der Waals surface area contributed by atoms with Gasteiger partial charge in [0.05, 0.1) is 6.04 Å². The average Bonchev–Trinajstić information content (AvgIpc) is 2.37. The van der Waals surface area contributed by atoms with E-state index in [4.69, 9.17) is 11.6 Å². The molecule has 1 aromatic rings. The molecule has 0 saturated carbocycles. The number of benzene rings is 1. The summed E-state index contributed by atoms with van der Waals surface area (Å²) in [5, 5.41) is 7.03. The number of amides is 1. The van der Waals surface area contributed by atoms with Gasteiger partial charge < -0.3 is 10.6 Å². The Morgan fingerprint density at radius 3 is 2.74 bits per heavy atom. The predicted molar refractivity (Wildman–Crippen MR) is 78.1 cm³/mol. The van der Waals surface area contributed by atoms with Gasteiger partial charge in [0.2, 0.25) is 5.91 Å². The fourth-order valence-electron chi connectivity index (χ4n) is 2.55. The van der Waals surface area contributed by atoms with Crippen LogP contribution in [0.5, 0.6) is 0 Å². The van der Waals surface area contributed by atoms with Gasteiger partial charge in [0.1, 0.15) is 0 Å². The van der Waals surface area contributed by atoms with Crippen LogP contribution in [0.25, 0.3) is 0 Å². The van der Waals surface area contributed by atoms with E-state index >= 15 is 0 Å². The molecule has 2 N–H and O–H groups in total. The van der Waals surface area contributed by atoms with Crippen molar-refractivity contribution in [3.05, 3.63) is 34.9 Å². The number of piperidine rings is 1. The van der Waals surface area contributed by atoms with Crippen molar-refractivity contribution in [3.63, 3.8) is 0 Å². The highest BCUT2D eigenvalue weighted by Crippen LogP contribution is 2.30. The molecule has 1 heterocycles. The van der Waals surface area contributed by atoms with Crippen LogP contribution in [0.1, 0.15) is 32.3 Å². The van der Waals surface area contributed by atoms with Crippen LogP contribution in [0.15, 0.2) is 24.3 Å². The molecule has 0 aliphatic carbocycles. The Labute approximate surface area is 119 Å². The molecule has 19 heavy (non-hydrogen) atoms. The molecular formula is C15H21ClN2O. The normalized spacial score (nSPS) is 21.9. The Hall–Kier alpha value is -1.06. The average molecular weight is 281 g/mol. The van der Waals surface area contributed by atoms with E-state index in [1.54, 1.807) is 0 Å². The molecule has 1 fully saturated rings. The lowest BCUT2D eigenvalue weighted by molar-refractivity contribution is -0.126. The number of nitrogens with one attached hydrogen (secondary N) is 2. The maximum absolute atomic E-state index is 12.3. The Morgan fingerprint density at radius 2 is 2.11 bits per heavy atom. The monoisotopic (exact) mass is 280 g/mol. The molecule has 1 aliphatic heterocycles. The smallest absolute Gasteiger partial charge is 0.237 e. The maximum atomic E-state index is 12.3. The third kappa shape index (κ3) is 3.71. The number of rotatable bonds is 3. The summed E-state index contributed by atoms with van der Waals surface area (Å²) in [7, 11) is 0. The lowest BCUT2D eigenvalue weighted by Crippen LogP contribution is -2.55. The quantitative estimate of drug-likeness (QED) is 0.894. The maximum Gasteiger partial charge on any atom is 0.237 e. The zero-order valence-electron chi connectivity index (χ0n) is 11.5. The first kappa shape index (κ1) is 14.4. The minimum Gasteiger partial charge on any atom is -0.351 e. The van der Waals surface area contributed by atoms with E-state index in [2.05, 4.69) is 24.5 Å². The molecule has 1 aliphatic rings. The van der Waals surface area contributed by atoms with Crippen LogP contribution in [0.2, 0.25) is 5.02 Å². The molecule has 0 bridgehead atoms. The van der Waals surface area contributed by atoms with Crippen LogP contribution >= 0.6 is 11.6 Å². The number of hydrogen-bond acceptors (Lipinski definition) is 2. The fraction of sp³-hybridized carbons (Fsp3) is 0.533. The summed E-state index contributed by atoms with van der Waals surface area (Å²) in [4.78, 5) is 12.3. The van der Waals surface area contributed by atoms with Crippen LogP contribution in [-0.4, -0.2) is 18.5 Å². The van der Waals surface area contributed by atoms with Crippen LogP contribution in [0, 0.1) is 5.41 Å². The summed E-state index contributed by atoms with van der Waals surface area (Å²) < 4.78 is 0.